The van der Waals surface area contributed by atoms with Crippen LogP contribution in [-0.4, -0.2) is 52.8 Å². The van der Waals surface area contributed by atoms with Crippen LogP contribution in [0.5, 0.6) is 0 Å². The van der Waals surface area contributed by atoms with Crippen molar-refractivity contribution in [3.63, 3.8) is 0 Å². The van der Waals surface area contributed by atoms with Crippen LogP contribution in [0.2, 0.25) is 0 Å². The molecule has 3 heterocycles. The Labute approximate surface area is 179 Å². The first-order valence-corrected chi connectivity index (χ1v) is 10.1. The second-order valence-corrected chi connectivity index (χ2v) is 7.38. The Morgan fingerprint density at radius 2 is 2.16 bits per heavy atom. The Morgan fingerprint density at radius 1 is 1.35 bits per heavy atom. The molecular formula is C23H23FN4O3. The van der Waals surface area contributed by atoms with Crippen molar-refractivity contribution in [2.24, 2.45) is 0 Å². The van der Waals surface area contributed by atoms with E-state index in [-0.39, 0.29) is 17.6 Å². The van der Waals surface area contributed by atoms with Crippen molar-refractivity contribution in [3.8, 4) is 22.7 Å². The molecular weight excluding hydrogens is 399 g/mol. The molecule has 0 aliphatic carbocycles. The Balaban J connectivity index is 1.72. The van der Waals surface area contributed by atoms with Crippen molar-refractivity contribution in [3.05, 3.63) is 66.5 Å². The molecule has 0 saturated carbocycles. The van der Waals surface area contributed by atoms with Crippen molar-refractivity contribution in [2.45, 2.75) is 18.8 Å². The van der Waals surface area contributed by atoms with Gasteiger partial charge < -0.3 is 14.1 Å². The fourth-order valence-electron chi connectivity index (χ4n) is 3.75. The van der Waals surface area contributed by atoms with Crippen LogP contribution in [0.4, 0.5) is 4.39 Å². The third-order valence-corrected chi connectivity index (χ3v) is 5.41. The lowest BCUT2D eigenvalue weighted by atomic mass is 9.94. The van der Waals surface area contributed by atoms with E-state index in [1.165, 1.54) is 18.2 Å². The van der Waals surface area contributed by atoms with Gasteiger partial charge in [-0.15, -0.1) is 10.2 Å². The van der Waals surface area contributed by atoms with Gasteiger partial charge in [-0.2, -0.15) is 0 Å². The number of carbonyl (C=O) groups excluding carboxylic acids is 1. The zero-order chi connectivity index (χ0) is 21.8. The summed E-state index contributed by atoms with van der Waals surface area (Å²) in [6, 6.07) is 8.04. The van der Waals surface area contributed by atoms with E-state index in [4.69, 9.17) is 9.15 Å². The smallest absolute Gasteiger partial charge is 0.248 e. The van der Waals surface area contributed by atoms with Gasteiger partial charge in [0.2, 0.25) is 17.7 Å². The number of rotatable bonds is 7. The lowest BCUT2D eigenvalue weighted by molar-refractivity contribution is -0.125. The standard InChI is InChI=1S/C23H23FN4O3/c1-3-22(29)28-10-8-16(14-28)19-13-25-20(15-4-6-17(24)7-5-15)12-18(19)23-27-26-21(31-23)9-11-30-2/h3-7,12-13,16H,1,8-11,14H2,2H3. The molecule has 1 aliphatic rings. The molecule has 0 radical (unpaired) electrons. The quantitative estimate of drug-likeness (QED) is 0.541. The van der Waals surface area contributed by atoms with Gasteiger partial charge in [0.1, 0.15) is 5.82 Å². The van der Waals surface area contributed by atoms with Crippen LogP contribution < -0.4 is 0 Å². The molecule has 1 aliphatic heterocycles. The summed E-state index contributed by atoms with van der Waals surface area (Å²) in [6.45, 7) is 5.27. The Bertz CT molecular complexity index is 1080. The van der Waals surface area contributed by atoms with E-state index >= 15 is 0 Å². The largest absolute Gasteiger partial charge is 0.421 e. The number of benzene rings is 1. The third-order valence-electron chi connectivity index (χ3n) is 5.41. The van der Waals surface area contributed by atoms with E-state index in [9.17, 15) is 9.18 Å². The van der Waals surface area contributed by atoms with E-state index in [0.717, 1.165) is 23.1 Å². The number of pyridine rings is 1. The van der Waals surface area contributed by atoms with E-state index in [1.807, 2.05) is 6.07 Å². The number of hydrogen-bond donors (Lipinski definition) is 0. The predicted octanol–water partition coefficient (Wildman–Crippen LogP) is 3.63. The van der Waals surface area contributed by atoms with Gasteiger partial charge >= 0.3 is 0 Å². The van der Waals surface area contributed by atoms with Crippen molar-refractivity contribution in [1.82, 2.24) is 20.1 Å². The first-order valence-electron chi connectivity index (χ1n) is 10.1. The molecule has 1 amide bonds. The van der Waals surface area contributed by atoms with E-state index < -0.39 is 0 Å². The van der Waals surface area contributed by atoms with Crippen molar-refractivity contribution >= 4 is 5.91 Å². The van der Waals surface area contributed by atoms with Gasteiger partial charge in [-0.05, 0) is 48.4 Å². The van der Waals surface area contributed by atoms with Gasteiger partial charge in [0.15, 0.2) is 0 Å². The molecule has 8 heteroatoms. The van der Waals surface area contributed by atoms with Crippen LogP contribution >= 0.6 is 0 Å². The molecule has 0 N–H and O–H groups in total. The number of hydrogen-bond acceptors (Lipinski definition) is 6. The summed E-state index contributed by atoms with van der Waals surface area (Å²) in [5.41, 5.74) is 3.16. The highest BCUT2D eigenvalue weighted by atomic mass is 19.1. The maximum absolute atomic E-state index is 13.3. The monoisotopic (exact) mass is 422 g/mol. The summed E-state index contributed by atoms with van der Waals surface area (Å²) in [4.78, 5) is 18.4. The summed E-state index contributed by atoms with van der Waals surface area (Å²) in [5, 5.41) is 8.36. The summed E-state index contributed by atoms with van der Waals surface area (Å²) < 4.78 is 24.3. The third kappa shape index (κ3) is 4.54. The summed E-state index contributed by atoms with van der Waals surface area (Å²) in [5.74, 6) is 0.568. The molecule has 0 bridgehead atoms. The predicted molar refractivity (Wildman–Crippen MR) is 113 cm³/mol. The SMILES string of the molecule is C=CC(=O)N1CCC(c2cnc(-c3ccc(F)cc3)cc2-c2nnc(CCOC)o2)C1. The van der Waals surface area contributed by atoms with Crippen LogP contribution in [0.15, 0.2) is 53.6 Å². The first-order chi connectivity index (χ1) is 15.1. The molecule has 4 rings (SSSR count). The second-order valence-electron chi connectivity index (χ2n) is 7.38. The van der Waals surface area contributed by atoms with Gasteiger partial charge in [0, 0.05) is 49.9 Å². The highest BCUT2D eigenvalue weighted by Crippen LogP contribution is 2.36. The number of aromatic nitrogens is 3. The molecule has 7 nitrogen and oxygen atoms in total. The first kappa shape index (κ1) is 20.9. The lowest BCUT2D eigenvalue weighted by Gasteiger charge is -2.16. The molecule has 1 aromatic carbocycles. The highest BCUT2D eigenvalue weighted by Gasteiger charge is 2.29. The molecule has 1 saturated heterocycles. The molecule has 1 unspecified atom stereocenters. The van der Waals surface area contributed by atoms with Gasteiger partial charge in [-0.3, -0.25) is 9.78 Å². The maximum Gasteiger partial charge on any atom is 0.248 e. The van der Waals surface area contributed by atoms with Crippen molar-refractivity contribution in [1.29, 1.82) is 0 Å². The number of ether oxygens (including phenoxy) is 1. The van der Waals surface area contributed by atoms with E-state index in [1.54, 1.807) is 30.3 Å². The second kappa shape index (κ2) is 9.18. The summed E-state index contributed by atoms with van der Waals surface area (Å²) >= 11 is 0. The average molecular weight is 422 g/mol. The number of nitrogens with zero attached hydrogens (tertiary/aromatic N) is 4. The number of methoxy groups -OCH3 is 1. The number of likely N-dealkylation sites (tertiary alicyclic amines) is 1. The number of amides is 1. The number of carbonyl (C=O) groups is 1. The Hall–Kier alpha value is -3.39. The average Bonchev–Trinajstić information content (AvgIpc) is 3.47. The Morgan fingerprint density at radius 3 is 2.90 bits per heavy atom. The van der Waals surface area contributed by atoms with Crippen molar-refractivity contribution < 1.29 is 18.3 Å². The maximum atomic E-state index is 13.3. The molecule has 2 aromatic heterocycles. The summed E-state index contributed by atoms with van der Waals surface area (Å²) in [6.07, 6.45) is 4.44. The molecule has 160 valence electrons. The summed E-state index contributed by atoms with van der Waals surface area (Å²) in [7, 11) is 1.61. The van der Waals surface area contributed by atoms with Gasteiger partial charge in [-0.1, -0.05) is 6.58 Å². The topological polar surface area (TPSA) is 81.4 Å². The molecule has 1 fully saturated rings. The zero-order valence-corrected chi connectivity index (χ0v) is 17.3. The van der Waals surface area contributed by atoms with Crippen LogP contribution in [-0.2, 0) is 16.0 Å². The van der Waals surface area contributed by atoms with E-state index in [0.29, 0.717) is 43.6 Å². The van der Waals surface area contributed by atoms with Crippen molar-refractivity contribution in [2.75, 3.05) is 26.8 Å². The van der Waals surface area contributed by atoms with Crippen LogP contribution in [0.1, 0.15) is 23.8 Å². The van der Waals surface area contributed by atoms with Gasteiger partial charge in [0.05, 0.1) is 12.3 Å². The molecule has 3 aromatic rings. The minimum absolute atomic E-state index is 0.0837. The van der Waals surface area contributed by atoms with Crippen LogP contribution in [0.25, 0.3) is 22.7 Å². The van der Waals surface area contributed by atoms with Crippen LogP contribution in [0, 0.1) is 5.82 Å². The number of halogens is 1. The van der Waals surface area contributed by atoms with Gasteiger partial charge in [-0.25, -0.2) is 4.39 Å². The fraction of sp³-hybridized carbons (Fsp3) is 0.304. The minimum atomic E-state index is -0.307. The molecule has 1 atom stereocenters. The van der Waals surface area contributed by atoms with E-state index in [2.05, 4.69) is 21.8 Å². The normalized spacial score (nSPS) is 15.9. The minimum Gasteiger partial charge on any atom is -0.421 e. The lowest BCUT2D eigenvalue weighted by Crippen LogP contribution is -2.26. The molecule has 31 heavy (non-hydrogen) atoms. The fourth-order valence-corrected chi connectivity index (χ4v) is 3.75. The zero-order valence-electron chi connectivity index (χ0n) is 17.3. The van der Waals surface area contributed by atoms with Crippen LogP contribution in [0.3, 0.4) is 0 Å². The van der Waals surface area contributed by atoms with Gasteiger partial charge in [0.25, 0.3) is 0 Å². The Kier molecular flexibility index (Phi) is 6.18. The highest BCUT2D eigenvalue weighted by molar-refractivity contribution is 5.87. The molecule has 0 spiro atoms.